The van der Waals surface area contributed by atoms with Crippen LogP contribution in [0.25, 0.3) is 0 Å². The highest BCUT2D eigenvalue weighted by molar-refractivity contribution is 5.93. The topological polar surface area (TPSA) is 67.0 Å². The Labute approximate surface area is 94.6 Å². The van der Waals surface area contributed by atoms with Crippen LogP contribution in [0.1, 0.15) is 31.9 Å². The molecule has 1 saturated heterocycles. The molecule has 2 heterocycles. The summed E-state index contributed by atoms with van der Waals surface area (Å²) >= 11 is 0. The van der Waals surface area contributed by atoms with Gasteiger partial charge in [-0.3, -0.25) is 9.89 Å². The summed E-state index contributed by atoms with van der Waals surface area (Å²) in [6.07, 6.45) is 3.47. The Hall–Kier alpha value is -1.36. The van der Waals surface area contributed by atoms with E-state index in [0.717, 1.165) is 31.4 Å². The lowest BCUT2D eigenvalue weighted by molar-refractivity contribution is -0.124. The normalized spacial score (nSPS) is 19.9. The molecule has 16 heavy (non-hydrogen) atoms. The minimum Gasteiger partial charge on any atom is -0.368 e. The lowest BCUT2D eigenvalue weighted by Gasteiger charge is -2.07. The highest BCUT2D eigenvalue weighted by atomic mass is 16.5. The van der Waals surface area contributed by atoms with E-state index in [0.29, 0.717) is 12.4 Å². The van der Waals surface area contributed by atoms with Crippen LogP contribution in [0, 0.1) is 0 Å². The van der Waals surface area contributed by atoms with E-state index in [9.17, 15) is 4.79 Å². The Kier molecular flexibility index (Phi) is 3.56. The zero-order valence-corrected chi connectivity index (χ0v) is 9.45. The molecule has 0 bridgehead atoms. The van der Waals surface area contributed by atoms with Crippen molar-refractivity contribution >= 4 is 11.7 Å². The first-order chi connectivity index (χ1) is 7.79. The van der Waals surface area contributed by atoms with Gasteiger partial charge in [-0.2, -0.15) is 5.10 Å². The van der Waals surface area contributed by atoms with Gasteiger partial charge in [-0.05, 0) is 19.3 Å². The first kappa shape index (κ1) is 11.1. The van der Waals surface area contributed by atoms with Crippen LogP contribution in [-0.2, 0) is 16.0 Å². The third-order valence-corrected chi connectivity index (χ3v) is 2.62. The quantitative estimate of drug-likeness (QED) is 0.812. The zero-order valence-electron chi connectivity index (χ0n) is 9.45. The second-order valence-electron chi connectivity index (χ2n) is 4.02. The average Bonchev–Trinajstić information content (AvgIpc) is 2.89. The fourth-order valence-electron chi connectivity index (χ4n) is 1.81. The Morgan fingerprint density at radius 2 is 2.62 bits per heavy atom. The van der Waals surface area contributed by atoms with Gasteiger partial charge in [-0.15, -0.1) is 0 Å². The molecule has 1 aliphatic heterocycles. The van der Waals surface area contributed by atoms with Crippen LogP contribution >= 0.6 is 0 Å². The monoisotopic (exact) mass is 223 g/mol. The van der Waals surface area contributed by atoms with Gasteiger partial charge in [0.15, 0.2) is 5.82 Å². The highest BCUT2D eigenvalue weighted by Gasteiger charge is 2.23. The molecule has 1 aromatic rings. The fourth-order valence-corrected chi connectivity index (χ4v) is 1.81. The molecule has 1 amide bonds. The number of aromatic amines is 1. The van der Waals surface area contributed by atoms with Crippen LogP contribution in [0.3, 0.4) is 0 Å². The van der Waals surface area contributed by atoms with Gasteiger partial charge in [0.2, 0.25) is 0 Å². The maximum absolute atomic E-state index is 11.7. The minimum atomic E-state index is -0.300. The number of anilines is 1. The Balaban J connectivity index is 1.89. The predicted molar refractivity (Wildman–Crippen MR) is 60.2 cm³/mol. The number of nitrogens with zero attached hydrogens (tertiary/aromatic N) is 1. The Morgan fingerprint density at radius 3 is 3.31 bits per heavy atom. The summed E-state index contributed by atoms with van der Waals surface area (Å²) in [5.41, 5.74) is 1.05. The molecular weight excluding hydrogens is 206 g/mol. The average molecular weight is 223 g/mol. The van der Waals surface area contributed by atoms with E-state index in [1.165, 1.54) is 0 Å². The van der Waals surface area contributed by atoms with E-state index < -0.39 is 0 Å². The maximum atomic E-state index is 11.7. The van der Waals surface area contributed by atoms with Crippen LogP contribution in [0.5, 0.6) is 0 Å². The molecule has 1 aromatic heterocycles. The van der Waals surface area contributed by atoms with Crippen LogP contribution in [0.15, 0.2) is 6.07 Å². The molecule has 5 nitrogen and oxygen atoms in total. The van der Waals surface area contributed by atoms with Crippen LogP contribution in [0.4, 0.5) is 5.82 Å². The Bertz CT molecular complexity index is 356. The number of nitrogens with one attached hydrogen (secondary N) is 2. The molecule has 0 radical (unpaired) electrons. The number of rotatable bonds is 4. The third-order valence-electron chi connectivity index (χ3n) is 2.62. The van der Waals surface area contributed by atoms with E-state index in [4.69, 9.17) is 4.74 Å². The van der Waals surface area contributed by atoms with Crippen molar-refractivity contribution in [2.45, 2.75) is 38.7 Å². The van der Waals surface area contributed by atoms with Crippen molar-refractivity contribution in [2.75, 3.05) is 11.9 Å². The van der Waals surface area contributed by atoms with Crippen molar-refractivity contribution in [3.63, 3.8) is 0 Å². The first-order valence-corrected chi connectivity index (χ1v) is 5.76. The van der Waals surface area contributed by atoms with Crippen LogP contribution in [0.2, 0.25) is 0 Å². The second-order valence-corrected chi connectivity index (χ2v) is 4.02. The Morgan fingerprint density at radius 1 is 1.75 bits per heavy atom. The van der Waals surface area contributed by atoms with Crippen molar-refractivity contribution in [3.8, 4) is 0 Å². The van der Waals surface area contributed by atoms with E-state index in [1.54, 1.807) is 0 Å². The lowest BCUT2D eigenvalue weighted by Crippen LogP contribution is -2.26. The van der Waals surface area contributed by atoms with Crippen molar-refractivity contribution in [2.24, 2.45) is 0 Å². The summed E-state index contributed by atoms with van der Waals surface area (Å²) in [6, 6.07) is 1.87. The molecule has 0 aromatic carbocycles. The second kappa shape index (κ2) is 5.12. The van der Waals surface area contributed by atoms with Crippen LogP contribution < -0.4 is 5.32 Å². The molecule has 2 N–H and O–H groups in total. The summed E-state index contributed by atoms with van der Waals surface area (Å²) in [4.78, 5) is 11.7. The summed E-state index contributed by atoms with van der Waals surface area (Å²) in [5.74, 6) is 0.496. The molecule has 5 heteroatoms. The largest absolute Gasteiger partial charge is 0.368 e. The van der Waals surface area contributed by atoms with Gasteiger partial charge in [0.25, 0.3) is 5.91 Å². The van der Waals surface area contributed by atoms with Gasteiger partial charge in [0.1, 0.15) is 6.10 Å². The predicted octanol–water partition coefficient (Wildman–Crippen LogP) is 1.48. The number of ether oxygens (including phenoxy) is 1. The van der Waals surface area contributed by atoms with Gasteiger partial charge in [0, 0.05) is 18.4 Å². The molecule has 1 unspecified atom stereocenters. The molecule has 1 atom stereocenters. The first-order valence-electron chi connectivity index (χ1n) is 5.76. The van der Waals surface area contributed by atoms with Gasteiger partial charge in [-0.1, -0.05) is 13.3 Å². The molecule has 88 valence electrons. The molecule has 1 fully saturated rings. The molecule has 2 rings (SSSR count). The third kappa shape index (κ3) is 2.61. The summed E-state index contributed by atoms with van der Waals surface area (Å²) in [6.45, 7) is 2.78. The van der Waals surface area contributed by atoms with Gasteiger partial charge in [-0.25, -0.2) is 0 Å². The summed E-state index contributed by atoms with van der Waals surface area (Å²) < 4.78 is 5.29. The number of amides is 1. The smallest absolute Gasteiger partial charge is 0.254 e. The standard InChI is InChI=1S/C11H17N3O2/c1-2-4-8-7-10(14-13-8)12-11(15)9-5-3-6-16-9/h7,9H,2-6H2,1H3,(H2,12,13,14,15). The number of carbonyl (C=O) groups is 1. The van der Waals surface area contributed by atoms with Gasteiger partial charge in [0.05, 0.1) is 0 Å². The molecule has 0 spiro atoms. The lowest BCUT2D eigenvalue weighted by atomic mass is 10.2. The summed E-state index contributed by atoms with van der Waals surface area (Å²) in [5, 5.41) is 9.69. The summed E-state index contributed by atoms with van der Waals surface area (Å²) in [7, 11) is 0. The van der Waals surface area contributed by atoms with Crippen molar-refractivity contribution < 1.29 is 9.53 Å². The number of aromatic nitrogens is 2. The van der Waals surface area contributed by atoms with Crippen molar-refractivity contribution in [1.29, 1.82) is 0 Å². The molecule has 1 aliphatic rings. The van der Waals surface area contributed by atoms with E-state index in [2.05, 4.69) is 22.4 Å². The van der Waals surface area contributed by atoms with Crippen LogP contribution in [-0.4, -0.2) is 28.8 Å². The van der Waals surface area contributed by atoms with Crippen molar-refractivity contribution in [3.05, 3.63) is 11.8 Å². The fraction of sp³-hybridized carbons (Fsp3) is 0.636. The SMILES string of the molecule is CCCc1cc(NC(=O)C2CCCO2)n[nH]1. The molecular formula is C11H17N3O2. The highest BCUT2D eigenvalue weighted by Crippen LogP contribution is 2.14. The van der Waals surface area contributed by atoms with Gasteiger partial charge < -0.3 is 10.1 Å². The maximum Gasteiger partial charge on any atom is 0.254 e. The number of carbonyl (C=O) groups excluding carboxylic acids is 1. The van der Waals surface area contributed by atoms with E-state index in [1.807, 2.05) is 6.07 Å². The number of hydrogen-bond donors (Lipinski definition) is 2. The minimum absolute atomic E-state index is 0.0907. The zero-order chi connectivity index (χ0) is 11.4. The number of H-pyrrole nitrogens is 1. The molecule has 0 saturated carbocycles. The molecule has 0 aliphatic carbocycles. The van der Waals surface area contributed by atoms with E-state index >= 15 is 0 Å². The van der Waals surface area contributed by atoms with E-state index in [-0.39, 0.29) is 12.0 Å². The number of hydrogen-bond acceptors (Lipinski definition) is 3. The number of aryl methyl sites for hydroxylation is 1. The van der Waals surface area contributed by atoms with Crippen molar-refractivity contribution in [1.82, 2.24) is 10.2 Å². The van der Waals surface area contributed by atoms with Gasteiger partial charge >= 0.3 is 0 Å².